The van der Waals surface area contributed by atoms with Gasteiger partial charge in [0.15, 0.2) is 0 Å². The van der Waals surface area contributed by atoms with Crippen LogP contribution in [0, 0.1) is 18.8 Å². The topological polar surface area (TPSA) is 78.5 Å². The van der Waals surface area contributed by atoms with E-state index >= 15 is 0 Å². The van der Waals surface area contributed by atoms with Crippen molar-refractivity contribution in [2.45, 2.75) is 70.9 Å². The Balaban J connectivity index is 2.02. The summed E-state index contributed by atoms with van der Waals surface area (Å²) in [6.45, 7) is 13.0. The number of sulfonamides is 1. The highest BCUT2D eigenvalue weighted by Gasteiger charge is 2.28. The number of aryl methyl sites for hydroxylation is 1. The zero-order valence-electron chi connectivity index (χ0n) is 18.4. The van der Waals surface area contributed by atoms with Gasteiger partial charge < -0.3 is 10.2 Å². The SMILES string of the molecule is Cc1ccc(S(=O)(=O)NC(CC(C)C)C(=O)NC(C)CN2CCCC(C)C2)cc1. The van der Waals surface area contributed by atoms with Gasteiger partial charge in [-0.1, -0.05) is 38.5 Å². The van der Waals surface area contributed by atoms with Gasteiger partial charge in [-0.05, 0) is 63.6 Å². The molecule has 1 fully saturated rings. The summed E-state index contributed by atoms with van der Waals surface area (Å²) in [6.07, 6.45) is 2.90. The molecule has 0 saturated carbocycles. The summed E-state index contributed by atoms with van der Waals surface area (Å²) >= 11 is 0. The Morgan fingerprint density at radius 1 is 1.21 bits per heavy atom. The molecule has 1 aromatic carbocycles. The summed E-state index contributed by atoms with van der Waals surface area (Å²) in [5.74, 6) is 0.610. The van der Waals surface area contributed by atoms with Gasteiger partial charge in [0.25, 0.3) is 0 Å². The average molecular weight is 424 g/mol. The Morgan fingerprint density at radius 2 is 1.86 bits per heavy atom. The molecule has 7 heteroatoms. The maximum absolute atomic E-state index is 12.9. The highest BCUT2D eigenvalue weighted by atomic mass is 32.2. The van der Waals surface area contributed by atoms with E-state index in [1.165, 1.54) is 12.8 Å². The van der Waals surface area contributed by atoms with E-state index in [0.717, 1.165) is 25.2 Å². The molecule has 164 valence electrons. The molecule has 1 aliphatic rings. The molecule has 3 atom stereocenters. The predicted molar refractivity (Wildman–Crippen MR) is 117 cm³/mol. The Kier molecular flexibility index (Phi) is 8.67. The lowest BCUT2D eigenvalue weighted by molar-refractivity contribution is -0.123. The first kappa shape index (κ1) is 23.8. The first-order valence-corrected chi connectivity index (χ1v) is 12.2. The van der Waals surface area contributed by atoms with Crippen molar-refractivity contribution in [3.63, 3.8) is 0 Å². The fourth-order valence-corrected chi connectivity index (χ4v) is 5.09. The van der Waals surface area contributed by atoms with Crippen LogP contribution in [0.15, 0.2) is 29.2 Å². The molecule has 29 heavy (non-hydrogen) atoms. The number of likely N-dealkylation sites (tertiary alicyclic amines) is 1. The smallest absolute Gasteiger partial charge is 0.241 e. The van der Waals surface area contributed by atoms with Crippen molar-refractivity contribution in [1.82, 2.24) is 14.9 Å². The number of carbonyl (C=O) groups excluding carboxylic acids is 1. The van der Waals surface area contributed by atoms with Crippen LogP contribution in [0.25, 0.3) is 0 Å². The molecule has 0 aromatic heterocycles. The van der Waals surface area contributed by atoms with E-state index < -0.39 is 16.1 Å². The summed E-state index contributed by atoms with van der Waals surface area (Å²) in [4.78, 5) is 15.5. The van der Waals surface area contributed by atoms with Crippen molar-refractivity contribution in [1.29, 1.82) is 0 Å². The van der Waals surface area contributed by atoms with Gasteiger partial charge in [0.05, 0.1) is 4.90 Å². The number of hydrogen-bond donors (Lipinski definition) is 2. The molecule has 0 bridgehead atoms. The van der Waals surface area contributed by atoms with Crippen molar-refractivity contribution in [3.8, 4) is 0 Å². The van der Waals surface area contributed by atoms with Gasteiger partial charge in [-0.25, -0.2) is 8.42 Å². The highest BCUT2D eigenvalue weighted by Crippen LogP contribution is 2.16. The standard InChI is InChI=1S/C22H37N3O3S/c1-16(2)13-21(24-29(27,28)20-10-8-17(3)9-11-20)22(26)23-19(5)15-25-12-6-7-18(4)14-25/h8-11,16,18-19,21,24H,6-7,12-15H2,1-5H3,(H,23,26). The predicted octanol–water partition coefficient (Wildman–Crippen LogP) is 2.92. The molecule has 1 saturated heterocycles. The lowest BCUT2D eigenvalue weighted by Crippen LogP contribution is -2.52. The molecule has 6 nitrogen and oxygen atoms in total. The first-order valence-electron chi connectivity index (χ1n) is 10.7. The zero-order valence-corrected chi connectivity index (χ0v) is 19.3. The zero-order chi connectivity index (χ0) is 21.6. The third-order valence-corrected chi connectivity index (χ3v) is 6.80. The summed E-state index contributed by atoms with van der Waals surface area (Å²) in [5.41, 5.74) is 0.987. The monoisotopic (exact) mass is 423 g/mol. The van der Waals surface area contributed by atoms with Gasteiger partial charge in [0, 0.05) is 19.1 Å². The van der Waals surface area contributed by atoms with Crippen molar-refractivity contribution in [2.75, 3.05) is 19.6 Å². The van der Waals surface area contributed by atoms with E-state index in [9.17, 15) is 13.2 Å². The van der Waals surface area contributed by atoms with E-state index in [1.807, 2.05) is 27.7 Å². The van der Waals surface area contributed by atoms with Crippen LogP contribution in [0.4, 0.5) is 0 Å². The number of nitrogens with one attached hydrogen (secondary N) is 2. The summed E-state index contributed by atoms with van der Waals surface area (Å²) in [5, 5.41) is 3.02. The second kappa shape index (κ2) is 10.5. The third kappa shape index (κ3) is 7.72. The average Bonchev–Trinajstić information content (AvgIpc) is 2.60. The fraction of sp³-hybridized carbons (Fsp3) is 0.682. The summed E-state index contributed by atoms with van der Waals surface area (Å²) in [6, 6.07) is 5.83. The molecule has 1 aliphatic heterocycles. The van der Waals surface area contributed by atoms with Crippen LogP contribution in [-0.2, 0) is 14.8 Å². The van der Waals surface area contributed by atoms with Crippen molar-refractivity contribution in [2.24, 2.45) is 11.8 Å². The molecule has 1 heterocycles. The lowest BCUT2D eigenvalue weighted by atomic mass is 10.00. The second-order valence-electron chi connectivity index (χ2n) is 9.03. The lowest BCUT2D eigenvalue weighted by Gasteiger charge is -2.33. The van der Waals surface area contributed by atoms with E-state index in [4.69, 9.17) is 0 Å². The number of hydrogen-bond acceptors (Lipinski definition) is 4. The molecule has 0 aliphatic carbocycles. The molecule has 1 amide bonds. The highest BCUT2D eigenvalue weighted by molar-refractivity contribution is 7.89. The van der Waals surface area contributed by atoms with E-state index in [0.29, 0.717) is 12.3 Å². The van der Waals surface area contributed by atoms with Crippen LogP contribution >= 0.6 is 0 Å². The van der Waals surface area contributed by atoms with E-state index in [1.54, 1.807) is 24.3 Å². The Hall–Kier alpha value is -1.44. The van der Waals surface area contributed by atoms with Crippen LogP contribution in [0.1, 0.15) is 52.5 Å². The van der Waals surface area contributed by atoms with Crippen LogP contribution in [0.3, 0.4) is 0 Å². The normalized spacial score (nSPS) is 20.4. The maximum atomic E-state index is 12.9. The van der Waals surface area contributed by atoms with E-state index in [-0.39, 0.29) is 22.8 Å². The minimum Gasteiger partial charge on any atom is -0.351 e. The molecule has 0 radical (unpaired) electrons. The quantitative estimate of drug-likeness (QED) is 0.640. The van der Waals surface area contributed by atoms with Crippen molar-refractivity contribution >= 4 is 15.9 Å². The summed E-state index contributed by atoms with van der Waals surface area (Å²) in [7, 11) is -3.76. The number of rotatable bonds is 9. The number of piperidine rings is 1. The summed E-state index contributed by atoms with van der Waals surface area (Å²) < 4.78 is 28.2. The largest absolute Gasteiger partial charge is 0.351 e. The molecule has 0 spiro atoms. The number of benzene rings is 1. The minimum absolute atomic E-state index is 0.0358. The first-order chi connectivity index (χ1) is 13.6. The van der Waals surface area contributed by atoms with Crippen molar-refractivity contribution in [3.05, 3.63) is 29.8 Å². The fourth-order valence-electron chi connectivity index (χ4n) is 3.88. The minimum atomic E-state index is -3.76. The number of amides is 1. The molecular formula is C22H37N3O3S. The molecule has 2 N–H and O–H groups in total. The van der Waals surface area contributed by atoms with Gasteiger partial charge in [-0.15, -0.1) is 0 Å². The maximum Gasteiger partial charge on any atom is 0.241 e. The van der Waals surface area contributed by atoms with Gasteiger partial charge in [0.1, 0.15) is 6.04 Å². The van der Waals surface area contributed by atoms with Crippen LogP contribution in [0.5, 0.6) is 0 Å². The van der Waals surface area contributed by atoms with Crippen LogP contribution < -0.4 is 10.0 Å². The van der Waals surface area contributed by atoms with Crippen molar-refractivity contribution < 1.29 is 13.2 Å². The molecule has 3 unspecified atom stereocenters. The van der Waals surface area contributed by atoms with Crippen LogP contribution in [0.2, 0.25) is 0 Å². The second-order valence-corrected chi connectivity index (χ2v) is 10.7. The van der Waals surface area contributed by atoms with E-state index in [2.05, 4.69) is 21.9 Å². The Morgan fingerprint density at radius 3 is 2.45 bits per heavy atom. The third-order valence-electron chi connectivity index (χ3n) is 5.31. The van der Waals surface area contributed by atoms with Gasteiger partial charge in [-0.2, -0.15) is 4.72 Å². The van der Waals surface area contributed by atoms with Crippen LogP contribution in [-0.4, -0.2) is 50.9 Å². The van der Waals surface area contributed by atoms with Gasteiger partial charge >= 0.3 is 0 Å². The molecule has 1 aromatic rings. The molecule has 2 rings (SSSR count). The molecular weight excluding hydrogens is 386 g/mol. The van der Waals surface area contributed by atoms with Gasteiger partial charge in [-0.3, -0.25) is 4.79 Å². The number of carbonyl (C=O) groups is 1. The Labute approximate surface area is 176 Å². The Bertz CT molecular complexity index is 762. The van der Waals surface area contributed by atoms with Gasteiger partial charge in [0.2, 0.25) is 15.9 Å². The number of nitrogens with zero attached hydrogens (tertiary/aromatic N) is 1.